The van der Waals surface area contributed by atoms with Crippen molar-refractivity contribution < 1.29 is 9.90 Å². The van der Waals surface area contributed by atoms with Crippen molar-refractivity contribution in [1.82, 2.24) is 3.93 Å². The first-order valence-electron chi connectivity index (χ1n) is 2.75. The Morgan fingerprint density at radius 1 is 1.89 bits per heavy atom. The SMILES string of the molecule is C[C@]1(O)CCC(=O)N1Br. The maximum atomic E-state index is 10.7. The first-order chi connectivity index (χ1) is 4.04. The zero-order valence-electron chi connectivity index (χ0n) is 5.09. The van der Waals surface area contributed by atoms with E-state index in [4.69, 9.17) is 0 Å². The summed E-state index contributed by atoms with van der Waals surface area (Å²) in [7, 11) is 0. The first-order valence-corrected chi connectivity index (χ1v) is 3.46. The second kappa shape index (κ2) is 1.95. The summed E-state index contributed by atoms with van der Waals surface area (Å²) in [4.78, 5) is 10.7. The average Bonchev–Trinajstić information content (AvgIpc) is 1.97. The topological polar surface area (TPSA) is 40.5 Å². The van der Waals surface area contributed by atoms with Crippen LogP contribution < -0.4 is 0 Å². The summed E-state index contributed by atoms with van der Waals surface area (Å²) in [6, 6.07) is 0. The molecule has 0 spiro atoms. The van der Waals surface area contributed by atoms with Gasteiger partial charge in [-0.15, -0.1) is 0 Å². The molecule has 1 heterocycles. The van der Waals surface area contributed by atoms with Crippen molar-refractivity contribution >= 4 is 22.1 Å². The molecule has 1 saturated heterocycles. The molecule has 0 bridgehead atoms. The molecule has 0 saturated carbocycles. The van der Waals surface area contributed by atoms with Crippen molar-refractivity contribution in [3.63, 3.8) is 0 Å². The van der Waals surface area contributed by atoms with Crippen LogP contribution in [0.4, 0.5) is 0 Å². The molecule has 0 aromatic carbocycles. The number of aliphatic hydroxyl groups is 1. The predicted octanol–water partition coefficient (Wildman–Crippen LogP) is 0.627. The van der Waals surface area contributed by atoms with Crippen molar-refractivity contribution in [1.29, 1.82) is 0 Å². The minimum atomic E-state index is -0.975. The number of nitrogens with zero attached hydrogens (tertiary/aromatic N) is 1. The van der Waals surface area contributed by atoms with Crippen molar-refractivity contribution in [2.75, 3.05) is 0 Å². The Bertz CT molecular complexity index is 146. The van der Waals surface area contributed by atoms with E-state index < -0.39 is 5.72 Å². The molecular weight excluding hydrogens is 186 g/mol. The molecule has 9 heavy (non-hydrogen) atoms. The summed E-state index contributed by atoms with van der Waals surface area (Å²) in [5.74, 6) is -0.0556. The Morgan fingerprint density at radius 2 is 2.44 bits per heavy atom. The monoisotopic (exact) mass is 193 g/mol. The van der Waals surface area contributed by atoms with Gasteiger partial charge in [0, 0.05) is 12.8 Å². The highest BCUT2D eigenvalue weighted by Gasteiger charge is 2.38. The third-order valence-corrected chi connectivity index (χ3v) is 2.61. The third-order valence-electron chi connectivity index (χ3n) is 1.45. The second-order valence-corrected chi connectivity index (χ2v) is 3.10. The number of hydrogen-bond donors (Lipinski definition) is 1. The first kappa shape index (κ1) is 7.02. The molecule has 0 unspecified atom stereocenters. The van der Waals surface area contributed by atoms with Gasteiger partial charge in [0.1, 0.15) is 5.72 Å². The van der Waals surface area contributed by atoms with Crippen LogP contribution in [0.3, 0.4) is 0 Å². The highest BCUT2D eigenvalue weighted by molar-refractivity contribution is 9.07. The molecule has 1 rings (SSSR count). The number of hydrogen-bond acceptors (Lipinski definition) is 2. The van der Waals surface area contributed by atoms with Gasteiger partial charge in [-0.25, -0.2) is 3.93 Å². The standard InChI is InChI=1S/C5H8BrNO2/c1-5(9)3-2-4(8)7(5)6/h9H,2-3H2,1H3/t5-/m0/s1. The number of halogens is 1. The van der Waals surface area contributed by atoms with Crippen molar-refractivity contribution in [2.24, 2.45) is 0 Å². The lowest BCUT2D eigenvalue weighted by atomic mass is 10.2. The highest BCUT2D eigenvalue weighted by atomic mass is 79.9. The number of rotatable bonds is 0. The van der Waals surface area contributed by atoms with Crippen LogP contribution in [0, 0.1) is 0 Å². The van der Waals surface area contributed by atoms with Crippen molar-refractivity contribution in [3.05, 3.63) is 0 Å². The van der Waals surface area contributed by atoms with E-state index >= 15 is 0 Å². The maximum absolute atomic E-state index is 10.7. The summed E-state index contributed by atoms with van der Waals surface area (Å²) >= 11 is 2.96. The molecule has 52 valence electrons. The number of amides is 1. The minimum absolute atomic E-state index is 0.0556. The molecule has 1 amide bonds. The van der Waals surface area contributed by atoms with Gasteiger partial charge in [0.2, 0.25) is 5.91 Å². The molecular formula is C5H8BrNO2. The summed E-state index contributed by atoms with van der Waals surface area (Å²) in [6.45, 7) is 1.60. The second-order valence-electron chi connectivity index (χ2n) is 2.39. The van der Waals surface area contributed by atoms with Crippen LogP contribution in [-0.4, -0.2) is 20.7 Å². The van der Waals surface area contributed by atoms with Crippen molar-refractivity contribution in [2.45, 2.75) is 25.5 Å². The van der Waals surface area contributed by atoms with Gasteiger partial charge in [0.15, 0.2) is 0 Å². The van der Waals surface area contributed by atoms with Gasteiger partial charge in [-0.1, -0.05) is 0 Å². The van der Waals surface area contributed by atoms with E-state index in [1.807, 2.05) is 0 Å². The lowest BCUT2D eigenvalue weighted by Gasteiger charge is -2.22. The summed E-state index contributed by atoms with van der Waals surface area (Å²) < 4.78 is 1.19. The summed E-state index contributed by atoms with van der Waals surface area (Å²) in [6.07, 6.45) is 0.940. The Balaban J connectivity index is 2.73. The fourth-order valence-corrected chi connectivity index (χ4v) is 1.16. The Hall–Kier alpha value is -0.0900. The quantitative estimate of drug-likeness (QED) is 0.574. The van der Waals surface area contributed by atoms with Gasteiger partial charge >= 0.3 is 0 Å². The van der Waals surface area contributed by atoms with Crippen LogP contribution in [0.2, 0.25) is 0 Å². The average molecular weight is 194 g/mol. The van der Waals surface area contributed by atoms with Crippen LogP contribution in [0.15, 0.2) is 0 Å². The van der Waals surface area contributed by atoms with E-state index in [1.165, 1.54) is 3.93 Å². The Kier molecular flexibility index (Phi) is 1.52. The molecule has 0 aromatic rings. The van der Waals surface area contributed by atoms with Crippen LogP contribution in [-0.2, 0) is 4.79 Å². The number of carbonyl (C=O) groups excluding carboxylic acids is 1. The summed E-state index contributed by atoms with van der Waals surface area (Å²) in [5.41, 5.74) is -0.975. The van der Waals surface area contributed by atoms with Gasteiger partial charge in [-0.05, 0) is 6.92 Å². The van der Waals surface area contributed by atoms with Gasteiger partial charge in [-0.2, -0.15) is 0 Å². The Labute approximate surface area is 62.0 Å². The van der Waals surface area contributed by atoms with Gasteiger partial charge in [-0.3, -0.25) is 4.79 Å². The molecule has 1 atom stereocenters. The van der Waals surface area contributed by atoms with E-state index in [0.717, 1.165) is 0 Å². The van der Waals surface area contributed by atoms with Gasteiger partial charge < -0.3 is 5.11 Å². The molecule has 1 aliphatic heterocycles. The molecule has 0 aliphatic carbocycles. The van der Waals surface area contributed by atoms with Crippen molar-refractivity contribution in [3.8, 4) is 0 Å². The zero-order chi connectivity index (χ0) is 7.07. The molecule has 1 aliphatic rings. The molecule has 1 N–H and O–H groups in total. The van der Waals surface area contributed by atoms with Crippen LogP contribution >= 0.6 is 16.1 Å². The van der Waals surface area contributed by atoms with Crippen LogP contribution in [0.1, 0.15) is 19.8 Å². The van der Waals surface area contributed by atoms with E-state index in [9.17, 15) is 9.90 Å². The highest BCUT2D eigenvalue weighted by Crippen LogP contribution is 2.29. The van der Waals surface area contributed by atoms with E-state index in [2.05, 4.69) is 16.1 Å². The molecule has 4 heteroatoms. The largest absolute Gasteiger partial charge is 0.370 e. The number of carbonyl (C=O) groups is 1. The molecule has 0 aromatic heterocycles. The van der Waals surface area contributed by atoms with E-state index in [-0.39, 0.29) is 5.91 Å². The van der Waals surface area contributed by atoms with Crippen LogP contribution in [0.25, 0.3) is 0 Å². The fraction of sp³-hybridized carbons (Fsp3) is 0.800. The lowest BCUT2D eigenvalue weighted by molar-refractivity contribution is -0.129. The molecule has 0 radical (unpaired) electrons. The molecule has 1 fully saturated rings. The van der Waals surface area contributed by atoms with E-state index in [1.54, 1.807) is 6.92 Å². The normalized spacial score (nSPS) is 35.9. The molecule has 3 nitrogen and oxygen atoms in total. The zero-order valence-corrected chi connectivity index (χ0v) is 6.68. The lowest BCUT2D eigenvalue weighted by Crippen LogP contribution is -2.35. The van der Waals surface area contributed by atoms with Gasteiger partial charge in [0.05, 0.1) is 16.1 Å². The smallest absolute Gasteiger partial charge is 0.235 e. The summed E-state index contributed by atoms with van der Waals surface area (Å²) in [5, 5.41) is 9.29. The maximum Gasteiger partial charge on any atom is 0.235 e. The van der Waals surface area contributed by atoms with Crippen LogP contribution in [0.5, 0.6) is 0 Å². The minimum Gasteiger partial charge on any atom is -0.370 e. The van der Waals surface area contributed by atoms with Gasteiger partial charge in [0.25, 0.3) is 0 Å². The predicted molar refractivity (Wildman–Crippen MR) is 35.6 cm³/mol. The fourth-order valence-electron chi connectivity index (χ4n) is 0.809. The third kappa shape index (κ3) is 1.09. The van der Waals surface area contributed by atoms with E-state index in [0.29, 0.717) is 12.8 Å². The Morgan fingerprint density at radius 3 is 2.56 bits per heavy atom.